The molecule has 0 fully saturated rings. The van der Waals surface area contributed by atoms with Crippen molar-refractivity contribution in [3.63, 3.8) is 0 Å². The molecule has 0 aliphatic rings. The van der Waals surface area contributed by atoms with Gasteiger partial charge in [-0.25, -0.2) is 0 Å². The summed E-state index contributed by atoms with van der Waals surface area (Å²) in [6.07, 6.45) is 2.73. The highest BCUT2D eigenvalue weighted by Crippen LogP contribution is 2.00. The topological polar surface area (TPSA) is 55.6 Å². The number of unbranched alkanes of at least 4 members (excludes halogenated alkanes) is 1. The van der Waals surface area contributed by atoms with Crippen molar-refractivity contribution < 1.29 is 9.53 Å². The number of hydrogen-bond donors (Lipinski definition) is 1. The number of nitrogens with zero attached hydrogens (tertiary/aromatic N) is 1. The van der Waals surface area contributed by atoms with Gasteiger partial charge in [0.15, 0.2) is 0 Å². The van der Waals surface area contributed by atoms with Crippen molar-refractivity contribution in [2.45, 2.75) is 39.2 Å². The maximum atomic E-state index is 11.8. The molecule has 0 heterocycles. The Morgan fingerprint density at radius 2 is 2.13 bits per heavy atom. The van der Waals surface area contributed by atoms with E-state index in [2.05, 4.69) is 6.92 Å². The molecule has 0 radical (unpaired) electrons. The van der Waals surface area contributed by atoms with E-state index in [0.29, 0.717) is 13.0 Å². The fourth-order valence-electron chi connectivity index (χ4n) is 1.38. The van der Waals surface area contributed by atoms with Gasteiger partial charge in [0.05, 0.1) is 6.04 Å². The van der Waals surface area contributed by atoms with Crippen LogP contribution in [0.15, 0.2) is 0 Å². The van der Waals surface area contributed by atoms with Crippen LogP contribution in [0.4, 0.5) is 0 Å². The van der Waals surface area contributed by atoms with Gasteiger partial charge in [-0.2, -0.15) is 0 Å². The normalized spacial score (nSPS) is 12.5. The number of carbonyl (C=O) groups is 1. The molecule has 0 aromatic carbocycles. The first kappa shape index (κ1) is 14.4. The van der Waals surface area contributed by atoms with Gasteiger partial charge < -0.3 is 15.4 Å². The number of nitrogens with two attached hydrogens (primary N) is 1. The minimum absolute atomic E-state index is 0.0444. The number of hydrogen-bond acceptors (Lipinski definition) is 3. The molecule has 1 unspecified atom stereocenters. The zero-order chi connectivity index (χ0) is 11.7. The molecule has 4 heteroatoms. The largest absolute Gasteiger partial charge is 0.385 e. The van der Waals surface area contributed by atoms with Crippen molar-refractivity contribution in [3.05, 3.63) is 0 Å². The third-order valence-electron chi connectivity index (χ3n) is 2.43. The molecule has 1 atom stereocenters. The van der Waals surface area contributed by atoms with Gasteiger partial charge in [0.1, 0.15) is 0 Å². The van der Waals surface area contributed by atoms with Crippen LogP contribution in [0.1, 0.15) is 33.1 Å². The molecule has 90 valence electrons. The summed E-state index contributed by atoms with van der Waals surface area (Å²) in [6, 6.07) is -0.415. The maximum Gasteiger partial charge on any atom is 0.239 e. The lowest BCUT2D eigenvalue weighted by molar-refractivity contribution is -0.132. The molecule has 0 rings (SSSR count). The summed E-state index contributed by atoms with van der Waals surface area (Å²) in [4.78, 5) is 13.7. The van der Waals surface area contributed by atoms with E-state index in [1.165, 1.54) is 0 Å². The molecule has 2 N–H and O–H groups in total. The minimum Gasteiger partial charge on any atom is -0.385 e. The van der Waals surface area contributed by atoms with Gasteiger partial charge >= 0.3 is 0 Å². The summed E-state index contributed by atoms with van der Waals surface area (Å²) < 4.78 is 4.91. The number of likely N-dealkylation sites (N-methyl/N-ethyl adjacent to an activating group) is 1. The lowest BCUT2D eigenvalue weighted by Gasteiger charge is -2.24. The summed E-state index contributed by atoms with van der Waals surface area (Å²) in [5, 5.41) is 0. The Kier molecular flexibility index (Phi) is 8.33. The van der Waals surface area contributed by atoms with Crippen LogP contribution in [0.3, 0.4) is 0 Å². The van der Waals surface area contributed by atoms with Crippen molar-refractivity contribution in [1.29, 1.82) is 0 Å². The fraction of sp³-hybridized carbons (Fsp3) is 0.909. The van der Waals surface area contributed by atoms with Gasteiger partial charge in [-0.1, -0.05) is 13.3 Å². The van der Waals surface area contributed by atoms with E-state index in [0.717, 1.165) is 25.9 Å². The third-order valence-corrected chi connectivity index (χ3v) is 2.43. The van der Waals surface area contributed by atoms with Crippen LogP contribution in [0.5, 0.6) is 0 Å². The van der Waals surface area contributed by atoms with Crippen molar-refractivity contribution in [3.8, 4) is 0 Å². The molecule has 0 saturated heterocycles. The van der Waals surface area contributed by atoms with Crippen LogP contribution in [-0.4, -0.2) is 43.7 Å². The van der Waals surface area contributed by atoms with Crippen LogP contribution >= 0.6 is 0 Å². The second-order valence-corrected chi connectivity index (χ2v) is 3.66. The first-order chi connectivity index (χ1) is 7.17. The minimum atomic E-state index is -0.415. The molecule has 0 saturated carbocycles. The highest BCUT2D eigenvalue weighted by molar-refractivity contribution is 5.81. The van der Waals surface area contributed by atoms with E-state index in [1.807, 2.05) is 11.8 Å². The number of ether oxygens (including phenoxy) is 1. The fourth-order valence-corrected chi connectivity index (χ4v) is 1.38. The van der Waals surface area contributed by atoms with Crippen LogP contribution in [-0.2, 0) is 9.53 Å². The maximum absolute atomic E-state index is 11.8. The number of carbonyl (C=O) groups excluding carboxylic acids is 1. The molecule has 0 aliphatic carbocycles. The summed E-state index contributed by atoms with van der Waals surface area (Å²) in [5.74, 6) is 0.0444. The van der Waals surface area contributed by atoms with Crippen LogP contribution in [0.25, 0.3) is 0 Å². The van der Waals surface area contributed by atoms with Gasteiger partial charge in [0.2, 0.25) is 5.91 Å². The van der Waals surface area contributed by atoms with E-state index >= 15 is 0 Å². The zero-order valence-electron chi connectivity index (χ0n) is 10.2. The van der Waals surface area contributed by atoms with Crippen LogP contribution in [0, 0.1) is 0 Å². The second-order valence-electron chi connectivity index (χ2n) is 3.66. The Labute approximate surface area is 92.8 Å². The molecule has 0 aromatic rings. The number of methoxy groups -OCH3 is 1. The van der Waals surface area contributed by atoms with Gasteiger partial charge in [-0.05, 0) is 19.8 Å². The average molecular weight is 216 g/mol. The quantitative estimate of drug-likeness (QED) is 0.658. The van der Waals surface area contributed by atoms with Gasteiger partial charge in [-0.15, -0.1) is 0 Å². The molecular formula is C11H24N2O2. The van der Waals surface area contributed by atoms with Crippen molar-refractivity contribution in [2.24, 2.45) is 5.73 Å². The van der Waals surface area contributed by atoms with Gasteiger partial charge in [-0.3, -0.25) is 4.79 Å². The summed E-state index contributed by atoms with van der Waals surface area (Å²) >= 11 is 0. The summed E-state index contributed by atoms with van der Waals surface area (Å²) in [6.45, 7) is 6.18. The zero-order valence-corrected chi connectivity index (χ0v) is 10.2. The van der Waals surface area contributed by atoms with Crippen molar-refractivity contribution >= 4 is 5.91 Å². The monoisotopic (exact) mass is 216 g/mol. The molecule has 0 aromatic heterocycles. The van der Waals surface area contributed by atoms with Gasteiger partial charge in [0.25, 0.3) is 0 Å². The Hall–Kier alpha value is -0.610. The van der Waals surface area contributed by atoms with Gasteiger partial charge in [0, 0.05) is 26.8 Å². The Bertz CT molecular complexity index is 174. The van der Waals surface area contributed by atoms with Crippen LogP contribution < -0.4 is 5.73 Å². The van der Waals surface area contributed by atoms with Crippen molar-refractivity contribution in [2.75, 3.05) is 26.8 Å². The highest BCUT2D eigenvalue weighted by Gasteiger charge is 2.18. The summed E-state index contributed by atoms with van der Waals surface area (Å²) in [7, 11) is 1.62. The molecule has 4 nitrogen and oxygen atoms in total. The second kappa shape index (κ2) is 8.68. The predicted molar refractivity (Wildman–Crippen MR) is 61.6 cm³/mol. The molecule has 0 spiro atoms. The molecule has 0 bridgehead atoms. The van der Waals surface area contributed by atoms with Crippen molar-refractivity contribution in [1.82, 2.24) is 4.90 Å². The first-order valence-corrected chi connectivity index (χ1v) is 5.70. The smallest absolute Gasteiger partial charge is 0.239 e. The molecule has 1 amide bonds. The van der Waals surface area contributed by atoms with E-state index in [1.54, 1.807) is 7.11 Å². The van der Waals surface area contributed by atoms with E-state index in [-0.39, 0.29) is 5.91 Å². The predicted octanol–water partition coefficient (Wildman–Crippen LogP) is 0.999. The Morgan fingerprint density at radius 1 is 1.47 bits per heavy atom. The number of rotatable bonds is 8. The third kappa shape index (κ3) is 5.74. The Morgan fingerprint density at radius 3 is 2.60 bits per heavy atom. The standard InChI is InChI=1S/C11H24N2O2/c1-4-6-8-13(5-2)11(14)10(12)7-9-15-3/h10H,4-9,12H2,1-3H3. The summed E-state index contributed by atoms with van der Waals surface area (Å²) in [5.41, 5.74) is 5.78. The van der Waals surface area contributed by atoms with E-state index < -0.39 is 6.04 Å². The first-order valence-electron chi connectivity index (χ1n) is 5.70. The Balaban J connectivity index is 4.00. The van der Waals surface area contributed by atoms with Crippen LogP contribution in [0.2, 0.25) is 0 Å². The molecular weight excluding hydrogens is 192 g/mol. The SMILES string of the molecule is CCCCN(CC)C(=O)C(N)CCOC. The average Bonchev–Trinajstić information content (AvgIpc) is 2.26. The molecule has 0 aliphatic heterocycles. The lowest BCUT2D eigenvalue weighted by Crippen LogP contribution is -2.44. The number of amides is 1. The lowest BCUT2D eigenvalue weighted by atomic mass is 10.2. The van der Waals surface area contributed by atoms with E-state index in [9.17, 15) is 4.79 Å². The van der Waals surface area contributed by atoms with E-state index in [4.69, 9.17) is 10.5 Å². The highest BCUT2D eigenvalue weighted by atomic mass is 16.5. The molecule has 15 heavy (non-hydrogen) atoms.